The van der Waals surface area contributed by atoms with Crippen LogP contribution in [0.1, 0.15) is 27.0 Å². The molecule has 2 aromatic carbocycles. The molecule has 214 valence electrons. The molecule has 1 saturated heterocycles. The summed E-state index contributed by atoms with van der Waals surface area (Å²) in [4.78, 5) is 16.8. The summed E-state index contributed by atoms with van der Waals surface area (Å²) in [6.45, 7) is 3.71. The number of anilines is 3. The van der Waals surface area contributed by atoms with E-state index in [1.165, 1.54) is 6.07 Å². The zero-order chi connectivity index (χ0) is 29.2. The molecule has 1 fully saturated rings. The van der Waals surface area contributed by atoms with Crippen molar-refractivity contribution >= 4 is 28.7 Å². The molecule has 1 aliphatic heterocycles. The molecular weight excluding hydrogens is 528 g/mol. The van der Waals surface area contributed by atoms with Crippen LogP contribution in [0.3, 0.4) is 0 Å². The molecule has 0 aliphatic carbocycles. The first kappa shape index (κ1) is 28.9. The monoisotopic (exact) mass is 560 g/mol. The van der Waals surface area contributed by atoms with Crippen molar-refractivity contribution in [3.8, 4) is 0 Å². The minimum absolute atomic E-state index is 0.152. The van der Waals surface area contributed by atoms with Gasteiger partial charge in [0.2, 0.25) is 0 Å². The predicted octanol–water partition coefficient (Wildman–Crippen LogP) is 3.79. The number of nitrogens with two attached hydrogens (primary N) is 1. The van der Waals surface area contributed by atoms with Crippen molar-refractivity contribution in [2.75, 3.05) is 55.5 Å². The third-order valence-corrected chi connectivity index (χ3v) is 6.74. The van der Waals surface area contributed by atoms with Gasteiger partial charge in [0, 0.05) is 69.5 Å². The second-order valence-corrected chi connectivity index (χ2v) is 9.68. The molecule has 0 unspecified atom stereocenters. The molecule has 4 rings (SSSR count). The van der Waals surface area contributed by atoms with Crippen LogP contribution >= 0.6 is 0 Å². The molecule has 13 heteroatoms. The minimum Gasteiger partial charge on any atom is -0.397 e. The van der Waals surface area contributed by atoms with E-state index in [1.807, 2.05) is 18.9 Å². The largest absolute Gasteiger partial charge is 0.419 e. The molecule has 4 N–H and O–H groups in total. The molecule has 9 nitrogen and oxygen atoms in total. The second kappa shape index (κ2) is 11.6. The summed E-state index contributed by atoms with van der Waals surface area (Å²) >= 11 is 0. The Morgan fingerprint density at radius 3 is 2.40 bits per heavy atom. The van der Waals surface area contributed by atoms with Crippen molar-refractivity contribution in [2.45, 2.75) is 13.1 Å². The minimum atomic E-state index is -4.93. The lowest BCUT2D eigenvalue weighted by Gasteiger charge is -2.34. The number of benzene rings is 2. The summed E-state index contributed by atoms with van der Waals surface area (Å²) in [5.41, 5.74) is 10.2. The first-order valence-corrected chi connectivity index (χ1v) is 12.6. The average molecular weight is 561 g/mol. The highest BCUT2D eigenvalue weighted by Crippen LogP contribution is 2.38. The van der Waals surface area contributed by atoms with E-state index in [0.717, 1.165) is 5.56 Å². The van der Waals surface area contributed by atoms with E-state index in [4.69, 9.17) is 5.73 Å². The van der Waals surface area contributed by atoms with Crippen LogP contribution < -0.4 is 26.4 Å². The highest BCUT2D eigenvalue weighted by Gasteiger charge is 2.37. The maximum Gasteiger partial charge on any atom is 0.419 e. The fraction of sp³-hybridized carbons (Fsp3) is 0.333. The van der Waals surface area contributed by atoms with Gasteiger partial charge in [-0.2, -0.15) is 18.3 Å². The summed E-state index contributed by atoms with van der Waals surface area (Å²) in [6.07, 6.45) is 0.0748. The Morgan fingerprint density at radius 1 is 1.10 bits per heavy atom. The molecule has 0 saturated carbocycles. The molecule has 1 aromatic heterocycles. The molecule has 0 atom stereocenters. The smallest absolute Gasteiger partial charge is 0.397 e. The van der Waals surface area contributed by atoms with Gasteiger partial charge in [0.05, 0.1) is 28.8 Å². The zero-order valence-electron chi connectivity index (χ0n) is 22.7. The Labute approximate surface area is 229 Å². The molecule has 3 aromatic rings. The van der Waals surface area contributed by atoms with Gasteiger partial charge in [0.15, 0.2) is 5.82 Å². The van der Waals surface area contributed by atoms with Gasteiger partial charge in [-0.1, -0.05) is 6.07 Å². The molecule has 0 spiro atoms. The number of amides is 1. The number of piperazine rings is 1. The van der Waals surface area contributed by atoms with Crippen LogP contribution in [0.2, 0.25) is 0 Å². The first-order chi connectivity index (χ1) is 18.9. The normalized spacial score (nSPS) is 14.9. The summed E-state index contributed by atoms with van der Waals surface area (Å²) in [5, 5.41) is 8.26. The van der Waals surface area contributed by atoms with Crippen molar-refractivity contribution in [3.63, 3.8) is 0 Å². The van der Waals surface area contributed by atoms with Crippen LogP contribution in [0.4, 0.5) is 34.6 Å². The number of halogens is 4. The van der Waals surface area contributed by atoms with Gasteiger partial charge in [0.25, 0.3) is 5.91 Å². The van der Waals surface area contributed by atoms with Crippen molar-refractivity contribution in [1.29, 1.82) is 0 Å². The maximum atomic E-state index is 15.0. The number of alkyl halides is 3. The summed E-state index contributed by atoms with van der Waals surface area (Å²) in [7, 11) is 5.33. The first-order valence-electron chi connectivity index (χ1n) is 12.6. The lowest BCUT2D eigenvalue weighted by Crippen LogP contribution is -2.45. The topological polar surface area (TPSA) is 94.7 Å². The molecule has 0 radical (unpaired) electrons. The van der Waals surface area contributed by atoms with Crippen LogP contribution in [0.5, 0.6) is 0 Å². The van der Waals surface area contributed by atoms with Gasteiger partial charge in [-0.05, 0) is 43.8 Å². The van der Waals surface area contributed by atoms with Gasteiger partial charge in [-0.15, -0.1) is 0 Å². The van der Waals surface area contributed by atoms with Gasteiger partial charge in [-0.25, -0.2) is 9.82 Å². The van der Waals surface area contributed by atoms with E-state index in [2.05, 4.69) is 15.8 Å². The molecule has 1 aliphatic rings. The number of nitrogens with one attached hydrogen (secondary N) is 2. The van der Waals surface area contributed by atoms with E-state index < -0.39 is 23.5 Å². The number of carbonyl (C=O) groups is 1. The molecule has 0 bridgehead atoms. The van der Waals surface area contributed by atoms with Gasteiger partial charge < -0.3 is 20.9 Å². The van der Waals surface area contributed by atoms with Gasteiger partial charge >= 0.3 is 6.18 Å². The zero-order valence-corrected chi connectivity index (χ0v) is 22.7. The van der Waals surface area contributed by atoms with Crippen LogP contribution in [-0.2, 0) is 13.2 Å². The summed E-state index contributed by atoms with van der Waals surface area (Å²) < 4.78 is 57.9. The number of likely N-dealkylation sites (N-methyl/N-ethyl adjacent to an activating group) is 1. The molecule has 40 heavy (non-hydrogen) atoms. The van der Waals surface area contributed by atoms with Crippen LogP contribution in [-0.4, -0.2) is 60.9 Å². The maximum absolute atomic E-state index is 15.0. The molecular formula is C27H32F4N8O. The number of nitrogens with zero attached hydrogens (tertiary/aromatic N) is 5. The Kier molecular flexibility index (Phi) is 8.35. The second-order valence-electron chi connectivity index (χ2n) is 9.68. The number of carbonyl (C=O) groups excluding carboxylic acids is 1. The van der Waals surface area contributed by atoms with E-state index in [-0.39, 0.29) is 16.9 Å². The van der Waals surface area contributed by atoms with E-state index in [9.17, 15) is 18.0 Å². The highest BCUT2D eigenvalue weighted by molar-refractivity contribution is 6.05. The lowest BCUT2D eigenvalue weighted by molar-refractivity contribution is -0.139. The van der Waals surface area contributed by atoms with E-state index >= 15 is 4.39 Å². The molecule has 2 heterocycles. The van der Waals surface area contributed by atoms with Crippen molar-refractivity contribution < 1.29 is 22.4 Å². The lowest BCUT2D eigenvalue weighted by atomic mass is 10.1. The fourth-order valence-electron chi connectivity index (χ4n) is 4.42. The van der Waals surface area contributed by atoms with Crippen molar-refractivity contribution in [3.05, 3.63) is 77.0 Å². The van der Waals surface area contributed by atoms with E-state index in [0.29, 0.717) is 49.2 Å². The highest BCUT2D eigenvalue weighted by atomic mass is 19.4. The third-order valence-electron chi connectivity index (χ3n) is 6.74. The van der Waals surface area contributed by atoms with Gasteiger partial charge in [0.1, 0.15) is 0 Å². The Balaban J connectivity index is 1.64. The number of hydrazine groups is 1. The van der Waals surface area contributed by atoms with Crippen molar-refractivity contribution in [2.24, 2.45) is 12.8 Å². The number of aromatic nitrogens is 2. The Bertz CT molecular complexity index is 1410. The van der Waals surface area contributed by atoms with Crippen LogP contribution in [0.25, 0.3) is 5.70 Å². The number of rotatable bonds is 7. The van der Waals surface area contributed by atoms with Crippen LogP contribution in [0, 0.1) is 12.7 Å². The predicted molar refractivity (Wildman–Crippen MR) is 147 cm³/mol. The summed E-state index contributed by atoms with van der Waals surface area (Å²) in [5.74, 6) is -2.00. The molecule has 1 amide bonds. The fourth-order valence-corrected chi connectivity index (χ4v) is 4.42. The number of hydrogen-bond acceptors (Lipinski definition) is 7. The quantitative estimate of drug-likeness (QED) is 0.299. The van der Waals surface area contributed by atoms with Crippen LogP contribution in [0.15, 0.2) is 48.9 Å². The average Bonchev–Trinajstić information content (AvgIpc) is 3.34. The third kappa shape index (κ3) is 6.37. The number of hydrogen-bond donors (Lipinski definition) is 3. The Hall–Kier alpha value is -4.10. The Morgan fingerprint density at radius 2 is 1.80 bits per heavy atom. The van der Waals surface area contributed by atoms with Gasteiger partial charge in [-0.3, -0.25) is 14.5 Å². The van der Waals surface area contributed by atoms with Crippen molar-refractivity contribution in [1.82, 2.24) is 20.1 Å². The summed E-state index contributed by atoms with van der Waals surface area (Å²) in [6, 6.07) is 6.74. The number of aryl methyl sites for hydroxylation is 2. The SMILES string of the molecule is CNN(/C=C(\N)c1cnn(C)c1)c1cc(C(=O)Nc2cc(N3CCN(C)CC3)c(F)c(C(F)(F)F)c2)ccc1C. The standard InChI is InChI=1S/C27H32F4N8O/c1-17-5-6-18(11-23(17)39(33-2)16-22(32)19-14-34-37(4)15-19)26(40)35-20-12-21(27(29,30)31)25(28)24(13-20)38-9-7-36(3)8-10-38/h5-6,11-16,33H,7-10,32H2,1-4H3,(H,35,40)/b22-16-. The van der Waals surface area contributed by atoms with E-state index in [1.54, 1.807) is 65.5 Å².